The van der Waals surface area contributed by atoms with E-state index < -0.39 is 11.9 Å². The summed E-state index contributed by atoms with van der Waals surface area (Å²) in [6.45, 7) is 5.93. The highest BCUT2D eigenvalue weighted by Gasteiger charge is 2.21. The van der Waals surface area contributed by atoms with Gasteiger partial charge in [-0.05, 0) is 31.9 Å². The molecule has 104 valence electrons. The number of esters is 2. The summed E-state index contributed by atoms with van der Waals surface area (Å²) in [7, 11) is 0. The van der Waals surface area contributed by atoms with Crippen molar-refractivity contribution in [3.8, 4) is 0 Å². The van der Waals surface area contributed by atoms with Crippen LogP contribution in [0.15, 0.2) is 12.3 Å². The molecule has 1 aromatic heterocycles. The summed E-state index contributed by atoms with van der Waals surface area (Å²) in [5.41, 5.74) is 1.09. The molecule has 1 heterocycles. The van der Waals surface area contributed by atoms with Crippen molar-refractivity contribution < 1.29 is 19.1 Å². The smallest absolute Gasteiger partial charge is 0.357 e. The molecule has 0 aliphatic carbocycles. The lowest BCUT2D eigenvalue weighted by Gasteiger charge is -2.09. The predicted molar refractivity (Wildman–Crippen MR) is 70.1 cm³/mol. The average molecular weight is 265 g/mol. The summed E-state index contributed by atoms with van der Waals surface area (Å²) in [5.74, 6) is -1.15. The van der Waals surface area contributed by atoms with Crippen molar-refractivity contribution in [3.05, 3.63) is 29.1 Å². The molecule has 5 heteroatoms. The van der Waals surface area contributed by atoms with Gasteiger partial charge in [-0.2, -0.15) is 0 Å². The lowest BCUT2D eigenvalue weighted by molar-refractivity contribution is 0.0473. The fourth-order valence-corrected chi connectivity index (χ4v) is 1.66. The Labute approximate surface area is 112 Å². The minimum atomic E-state index is -0.603. The van der Waals surface area contributed by atoms with E-state index in [1.807, 2.05) is 6.92 Å². The Kier molecular flexibility index (Phi) is 5.99. The van der Waals surface area contributed by atoms with Crippen LogP contribution in [-0.4, -0.2) is 30.1 Å². The maximum Gasteiger partial charge on any atom is 0.357 e. The van der Waals surface area contributed by atoms with Crippen LogP contribution < -0.4 is 0 Å². The van der Waals surface area contributed by atoms with E-state index in [0.717, 1.165) is 18.4 Å². The Morgan fingerprint density at radius 2 is 1.74 bits per heavy atom. The van der Waals surface area contributed by atoms with E-state index in [1.165, 1.54) is 0 Å². The van der Waals surface area contributed by atoms with Gasteiger partial charge in [0, 0.05) is 6.20 Å². The molecule has 19 heavy (non-hydrogen) atoms. The first kappa shape index (κ1) is 15.1. The Bertz CT molecular complexity index is 457. The van der Waals surface area contributed by atoms with E-state index in [1.54, 1.807) is 26.1 Å². The van der Waals surface area contributed by atoms with Crippen LogP contribution in [0.2, 0.25) is 0 Å². The molecule has 0 fully saturated rings. The van der Waals surface area contributed by atoms with Crippen molar-refractivity contribution >= 4 is 11.9 Å². The number of nitrogens with zero attached hydrogens (tertiary/aromatic N) is 1. The number of carbonyl (C=O) groups is 2. The van der Waals surface area contributed by atoms with Crippen LogP contribution in [0.4, 0.5) is 0 Å². The average Bonchev–Trinajstić information content (AvgIpc) is 2.39. The third kappa shape index (κ3) is 4.05. The van der Waals surface area contributed by atoms with E-state index in [0.29, 0.717) is 0 Å². The van der Waals surface area contributed by atoms with Crippen LogP contribution in [0.25, 0.3) is 0 Å². The number of ether oxygens (including phenoxy) is 2. The molecule has 0 bridgehead atoms. The van der Waals surface area contributed by atoms with Crippen LogP contribution >= 0.6 is 0 Å². The highest BCUT2D eigenvalue weighted by molar-refractivity contribution is 6.01. The maximum atomic E-state index is 11.9. The molecule has 0 saturated heterocycles. The van der Waals surface area contributed by atoms with Crippen LogP contribution in [-0.2, 0) is 15.9 Å². The number of aryl methyl sites for hydroxylation is 1. The molecule has 0 aromatic carbocycles. The van der Waals surface area contributed by atoms with Gasteiger partial charge in [-0.15, -0.1) is 0 Å². The van der Waals surface area contributed by atoms with Gasteiger partial charge in [0.1, 0.15) is 0 Å². The molecule has 0 radical (unpaired) electrons. The zero-order valence-corrected chi connectivity index (χ0v) is 11.6. The zero-order chi connectivity index (χ0) is 14.3. The monoisotopic (exact) mass is 265 g/mol. The number of carbonyl (C=O) groups excluding carboxylic acids is 2. The number of hydrogen-bond donors (Lipinski definition) is 0. The highest BCUT2D eigenvalue weighted by Crippen LogP contribution is 2.13. The summed E-state index contributed by atoms with van der Waals surface area (Å²) in [5, 5.41) is 0. The second-order valence-corrected chi connectivity index (χ2v) is 3.93. The van der Waals surface area contributed by atoms with Gasteiger partial charge >= 0.3 is 11.9 Å². The van der Waals surface area contributed by atoms with Gasteiger partial charge in [-0.25, -0.2) is 14.6 Å². The van der Waals surface area contributed by atoms with E-state index in [9.17, 15) is 9.59 Å². The second kappa shape index (κ2) is 7.51. The number of hydrogen-bond acceptors (Lipinski definition) is 5. The first-order valence-corrected chi connectivity index (χ1v) is 6.47. The lowest BCUT2D eigenvalue weighted by atomic mass is 10.1. The van der Waals surface area contributed by atoms with Crippen molar-refractivity contribution in [2.24, 2.45) is 0 Å². The van der Waals surface area contributed by atoms with E-state index in [-0.39, 0.29) is 24.5 Å². The minimum Gasteiger partial charge on any atom is -0.462 e. The van der Waals surface area contributed by atoms with Gasteiger partial charge in [0.25, 0.3) is 0 Å². The van der Waals surface area contributed by atoms with Gasteiger partial charge in [-0.3, -0.25) is 0 Å². The SMILES string of the molecule is CCCc1cnc(C(=O)OCC)c(C(=O)OCC)c1. The standard InChI is InChI=1S/C14H19NO4/c1-4-7-10-8-11(13(16)18-5-2)12(15-9-10)14(17)19-6-3/h8-9H,4-7H2,1-3H3. The Hall–Kier alpha value is -1.91. The quantitative estimate of drug-likeness (QED) is 0.739. The van der Waals surface area contributed by atoms with E-state index >= 15 is 0 Å². The van der Waals surface area contributed by atoms with E-state index in [4.69, 9.17) is 9.47 Å². The van der Waals surface area contributed by atoms with E-state index in [2.05, 4.69) is 4.98 Å². The van der Waals surface area contributed by atoms with Crippen LogP contribution in [0, 0.1) is 0 Å². The van der Waals surface area contributed by atoms with Gasteiger partial charge in [0.15, 0.2) is 5.69 Å². The molecule has 0 amide bonds. The molecule has 1 aromatic rings. The Balaban J connectivity index is 3.14. The largest absolute Gasteiger partial charge is 0.462 e. The van der Waals surface area contributed by atoms with Crippen LogP contribution in [0.5, 0.6) is 0 Å². The van der Waals surface area contributed by atoms with Crippen molar-refractivity contribution in [3.63, 3.8) is 0 Å². The highest BCUT2D eigenvalue weighted by atomic mass is 16.5. The molecule has 0 unspecified atom stereocenters. The summed E-state index contributed by atoms with van der Waals surface area (Å²) in [6, 6.07) is 1.65. The Morgan fingerprint density at radius 1 is 1.11 bits per heavy atom. The second-order valence-electron chi connectivity index (χ2n) is 3.93. The first-order chi connectivity index (χ1) is 9.13. The molecule has 0 saturated carbocycles. The summed E-state index contributed by atoms with van der Waals surface area (Å²) in [4.78, 5) is 27.7. The molecule has 0 N–H and O–H groups in total. The maximum absolute atomic E-state index is 11.9. The van der Waals surface area contributed by atoms with Gasteiger partial charge in [-0.1, -0.05) is 13.3 Å². The fourth-order valence-electron chi connectivity index (χ4n) is 1.66. The summed E-state index contributed by atoms with van der Waals surface area (Å²) < 4.78 is 9.83. The molecule has 0 spiro atoms. The molecule has 5 nitrogen and oxygen atoms in total. The van der Waals surface area contributed by atoms with Gasteiger partial charge in [0.2, 0.25) is 0 Å². The predicted octanol–water partition coefficient (Wildman–Crippen LogP) is 2.39. The minimum absolute atomic E-state index is 0.0140. The lowest BCUT2D eigenvalue weighted by Crippen LogP contribution is -2.16. The molecular weight excluding hydrogens is 246 g/mol. The zero-order valence-electron chi connectivity index (χ0n) is 11.6. The van der Waals surface area contributed by atoms with Crippen molar-refractivity contribution in [1.29, 1.82) is 0 Å². The number of pyridine rings is 1. The fraction of sp³-hybridized carbons (Fsp3) is 0.500. The van der Waals surface area contributed by atoms with Crippen LogP contribution in [0.3, 0.4) is 0 Å². The topological polar surface area (TPSA) is 65.5 Å². The summed E-state index contributed by atoms with van der Waals surface area (Å²) >= 11 is 0. The molecule has 0 aliphatic rings. The molecular formula is C14H19NO4. The summed E-state index contributed by atoms with van der Waals surface area (Å²) in [6.07, 6.45) is 3.32. The molecule has 0 aliphatic heterocycles. The first-order valence-electron chi connectivity index (χ1n) is 6.47. The third-order valence-electron chi connectivity index (χ3n) is 2.45. The van der Waals surface area contributed by atoms with Crippen molar-refractivity contribution in [1.82, 2.24) is 4.98 Å². The van der Waals surface area contributed by atoms with Gasteiger partial charge < -0.3 is 9.47 Å². The van der Waals surface area contributed by atoms with Gasteiger partial charge in [0.05, 0.1) is 18.8 Å². The number of rotatable bonds is 6. The third-order valence-corrected chi connectivity index (χ3v) is 2.45. The number of aromatic nitrogens is 1. The van der Waals surface area contributed by atoms with Crippen LogP contribution in [0.1, 0.15) is 53.6 Å². The van der Waals surface area contributed by atoms with Crippen molar-refractivity contribution in [2.75, 3.05) is 13.2 Å². The molecule has 0 atom stereocenters. The Morgan fingerprint density at radius 3 is 2.32 bits per heavy atom. The normalized spacial score (nSPS) is 10.1. The van der Waals surface area contributed by atoms with Crippen molar-refractivity contribution in [2.45, 2.75) is 33.6 Å². The molecule has 1 rings (SSSR count).